The monoisotopic (exact) mass is 319 g/mol. The number of carbonyl (C=O) groups excluding carboxylic acids is 1. The van der Waals surface area contributed by atoms with E-state index in [1.807, 2.05) is 22.8 Å². The molecule has 0 radical (unpaired) electrons. The summed E-state index contributed by atoms with van der Waals surface area (Å²) in [5.41, 5.74) is 1.29. The third-order valence-electron chi connectivity index (χ3n) is 5.11. The highest BCUT2D eigenvalue weighted by Crippen LogP contribution is 2.10. The summed E-state index contributed by atoms with van der Waals surface area (Å²) < 4.78 is 1.96. The lowest BCUT2D eigenvalue weighted by Gasteiger charge is -2.23. The van der Waals surface area contributed by atoms with Crippen molar-refractivity contribution in [3.8, 4) is 0 Å². The number of aryl methyl sites for hydroxylation is 1. The third-order valence-corrected chi connectivity index (χ3v) is 5.11. The molecule has 1 aromatic heterocycles. The molecule has 0 aromatic carbocycles. The van der Waals surface area contributed by atoms with Crippen LogP contribution in [-0.2, 0) is 18.3 Å². The van der Waals surface area contributed by atoms with Crippen LogP contribution >= 0.6 is 0 Å². The van der Waals surface area contributed by atoms with Crippen LogP contribution in [0, 0.1) is 0 Å². The molecule has 0 spiro atoms. The molecule has 0 N–H and O–H groups in total. The molecule has 0 aliphatic carbocycles. The first-order valence-corrected chi connectivity index (χ1v) is 8.92. The number of amides is 1. The molecule has 128 valence electrons. The molecule has 1 aromatic rings. The van der Waals surface area contributed by atoms with Crippen LogP contribution in [0.1, 0.15) is 25.0 Å². The van der Waals surface area contributed by atoms with Gasteiger partial charge in [-0.1, -0.05) is 0 Å². The van der Waals surface area contributed by atoms with Crippen molar-refractivity contribution in [3.63, 3.8) is 0 Å². The molecule has 2 saturated heterocycles. The Balaban J connectivity index is 1.41. The van der Waals surface area contributed by atoms with Gasteiger partial charge < -0.3 is 9.80 Å². The van der Waals surface area contributed by atoms with Gasteiger partial charge in [-0.3, -0.25) is 14.4 Å². The second-order valence-corrected chi connectivity index (χ2v) is 6.76. The van der Waals surface area contributed by atoms with Crippen LogP contribution in [0.4, 0.5) is 0 Å². The maximum Gasteiger partial charge on any atom is 0.236 e. The topological polar surface area (TPSA) is 44.6 Å². The molecule has 6 nitrogen and oxygen atoms in total. The summed E-state index contributed by atoms with van der Waals surface area (Å²) >= 11 is 0. The van der Waals surface area contributed by atoms with Gasteiger partial charge >= 0.3 is 0 Å². The Labute approximate surface area is 139 Å². The van der Waals surface area contributed by atoms with Gasteiger partial charge in [-0.2, -0.15) is 5.10 Å². The summed E-state index contributed by atoms with van der Waals surface area (Å²) in [4.78, 5) is 19.2. The number of hydrogen-bond acceptors (Lipinski definition) is 4. The summed E-state index contributed by atoms with van der Waals surface area (Å²) in [5.74, 6) is 0.325. The molecule has 1 amide bonds. The van der Waals surface area contributed by atoms with E-state index in [0.29, 0.717) is 12.5 Å². The van der Waals surface area contributed by atoms with Crippen molar-refractivity contribution in [1.82, 2.24) is 24.5 Å². The number of rotatable bonds is 5. The normalized spacial score (nSPS) is 20.8. The van der Waals surface area contributed by atoms with Gasteiger partial charge in [0.25, 0.3) is 0 Å². The zero-order valence-electron chi connectivity index (χ0n) is 14.3. The van der Waals surface area contributed by atoms with E-state index in [1.165, 1.54) is 18.5 Å². The smallest absolute Gasteiger partial charge is 0.236 e. The molecule has 6 heteroatoms. The van der Waals surface area contributed by atoms with Gasteiger partial charge in [0.15, 0.2) is 0 Å². The van der Waals surface area contributed by atoms with Crippen molar-refractivity contribution in [1.29, 1.82) is 0 Å². The van der Waals surface area contributed by atoms with Crippen LogP contribution in [-0.4, -0.2) is 82.7 Å². The van der Waals surface area contributed by atoms with Crippen LogP contribution < -0.4 is 0 Å². The standard InChI is InChI=1S/C17H29N5O/c1-19-16(5-7-18-19)6-12-20-8-4-9-21(14-13-20)15-17(23)22-10-2-3-11-22/h5,7H,2-4,6,8-15H2,1H3. The van der Waals surface area contributed by atoms with Crippen LogP contribution in [0.5, 0.6) is 0 Å². The minimum atomic E-state index is 0.325. The second-order valence-electron chi connectivity index (χ2n) is 6.76. The van der Waals surface area contributed by atoms with Gasteiger partial charge in [0.2, 0.25) is 5.91 Å². The van der Waals surface area contributed by atoms with Gasteiger partial charge in [-0.05, 0) is 38.4 Å². The molecule has 2 fully saturated rings. The number of likely N-dealkylation sites (tertiary alicyclic amines) is 1. The molecule has 0 bridgehead atoms. The first-order chi connectivity index (χ1) is 11.2. The Morgan fingerprint density at radius 1 is 1.04 bits per heavy atom. The lowest BCUT2D eigenvalue weighted by atomic mass is 10.3. The van der Waals surface area contributed by atoms with Crippen LogP contribution in [0.3, 0.4) is 0 Å². The number of aromatic nitrogens is 2. The lowest BCUT2D eigenvalue weighted by molar-refractivity contribution is -0.131. The van der Waals surface area contributed by atoms with Gasteiger partial charge in [0, 0.05) is 58.1 Å². The summed E-state index contributed by atoms with van der Waals surface area (Å²) in [6.07, 6.45) is 6.41. The second kappa shape index (κ2) is 7.93. The van der Waals surface area contributed by atoms with Gasteiger partial charge in [0.1, 0.15) is 0 Å². The highest BCUT2D eigenvalue weighted by Gasteiger charge is 2.22. The fourth-order valence-electron chi connectivity index (χ4n) is 3.58. The van der Waals surface area contributed by atoms with E-state index in [2.05, 4.69) is 21.0 Å². The Kier molecular flexibility index (Phi) is 5.67. The molecule has 23 heavy (non-hydrogen) atoms. The van der Waals surface area contributed by atoms with Crippen molar-refractivity contribution in [2.75, 3.05) is 52.4 Å². The molecule has 2 aliphatic heterocycles. The molecule has 3 heterocycles. The number of hydrogen-bond donors (Lipinski definition) is 0. The van der Waals surface area contributed by atoms with Crippen LogP contribution in [0.2, 0.25) is 0 Å². The molecule has 0 unspecified atom stereocenters. The van der Waals surface area contributed by atoms with E-state index in [0.717, 1.165) is 58.7 Å². The van der Waals surface area contributed by atoms with Crippen molar-refractivity contribution < 1.29 is 4.79 Å². The third kappa shape index (κ3) is 4.54. The molecular formula is C17H29N5O. The fraction of sp³-hybridized carbons (Fsp3) is 0.765. The highest BCUT2D eigenvalue weighted by atomic mass is 16.2. The Hall–Kier alpha value is -1.40. The summed E-state index contributed by atoms with van der Waals surface area (Å²) in [5, 5.41) is 4.23. The molecule has 2 aliphatic rings. The van der Waals surface area contributed by atoms with Crippen molar-refractivity contribution >= 4 is 5.91 Å². The molecular weight excluding hydrogens is 290 g/mol. The van der Waals surface area contributed by atoms with E-state index < -0.39 is 0 Å². The van der Waals surface area contributed by atoms with Gasteiger partial charge in [-0.15, -0.1) is 0 Å². The molecule has 0 atom stereocenters. The average Bonchev–Trinajstić information content (AvgIpc) is 3.16. The van der Waals surface area contributed by atoms with E-state index >= 15 is 0 Å². The van der Waals surface area contributed by atoms with Crippen molar-refractivity contribution in [2.45, 2.75) is 25.7 Å². The van der Waals surface area contributed by atoms with E-state index in [-0.39, 0.29) is 0 Å². The van der Waals surface area contributed by atoms with E-state index in [4.69, 9.17) is 0 Å². The SMILES string of the molecule is Cn1nccc1CCN1CCCN(CC(=O)N2CCCC2)CC1. The van der Waals surface area contributed by atoms with Gasteiger partial charge in [0.05, 0.1) is 6.54 Å². The zero-order valence-corrected chi connectivity index (χ0v) is 14.3. The first-order valence-electron chi connectivity index (χ1n) is 8.92. The minimum Gasteiger partial charge on any atom is -0.342 e. The maximum absolute atomic E-state index is 12.3. The van der Waals surface area contributed by atoms with E-state index in [9.17, 15) is 4.79 Å². The minimum absolute atomic E-state index is 0.325. The van der Waals surface area contributed by atoms with Crippen LogP contribution in [0.15, 0.2) is 12.3 Å². The van der Waals surface area contributed by atoms with Gasteiger partial charge in [-0.25, -0.2) is 0 Å². The predicted octanol–water partition coefficient (Wildman–Crippen LogP) is 0.593. The Morgan fingerprint density at radius 3 is 2.52 bits per heavy atom. The van der Waals surface area contributed by atoms with E-state index in [1.54, 1.807) is 0 Å². The quantitative estimate of drug-likeness (QED) is 0.797. The summed E-state index contributed by atoms with van der Waals surface area (Å²) in [6.45, 7) is 7.85. The largest absolute Gasteiger partial charge is 0.342 e. The Morgan fingerprint density at radius 2 is 1.78 bits per heavy atom. The van der Waals surface area contributed by atoms with Crippen molar-refractivity contribution in [3.05, 3.63) is 18.0 Å². The average molecular weight is 319 g/mol. The fourth-order valence-corrected chi connectivity index (χ4v) is 3.58. The molecule has 3 rings (SSSR count). The first kappa shape index (κ1) is 16.5. The number of nitrogens with zero attached hydrogens (tertiary/aromatic N) is 5. The highest BCUT2D eigenvalue weighted by molar-refractivity contribution is 5.78. The lowest BCUT2D eigenvalue weighted by Crippen LogP contribution is -2.40. The predicted molar refractivity (Wildman–Crippen MR) is 90.2 cm³/mol. The zero-order chi connectivity index (χ0) is 16.1. The number of carbonyl (C=O) groups is 1. The van der Waals surface area contributed by atoms with Crippen LogP contribution in [0.25, 0.3) is 0 Å². The Bertz CT molecular complexity index is 509. The molecule has 0 saturated carbocycles. The van der Waals surface area contributed by atoms with Crippen molar-refractivity contribution in [2.24, 2.45) is 7.05 Å². The summed E-state index contributed by atoms with van der Waals surface area (Å²) in [7, 11) is 2.00. The summed E-state index contributed by atoms with van der Waals surface area (Å²) in [6, 6.07) is 2.10. The maximum atomic E-state index is 12.3.